The van der Waals surface area contributed by atoms with E-state index in [1.807, 2.05) is 6.92 Å². The van der Waals surface area contributed by atoms with Crippen LogP contribution in [-0.4, -0.2) is 30.4 Å². The van der Waals surface area contributed by atoms with Gasteiger partial charge in [0.05, 0.1) is 11.5 Å². The molecule has 0 aromatic carbocycles. The molecular formula is C11H17NO3S2. The summed E-state index contributed by atoms with van der Waals surface area (Å²) in [5.74, 6) is 0. The monoisotopic (exact) mass is 275 g/mol. The maximum Gasteiger partial charge on any atom is 0.244 e. The van der Waals surface area contributed by atoms with Gasteiger partial charge < -0.3 is 5.11 Å². The lowest BCUT2D eigenvalue weighted by atomic mass is 10.1. The number of hydrogen-bond donors (Lipinski definition) is 1. The number of aliphatic hydroxyl groups is 1. The van der Waals surface area contributed by atoms with Gasteiger partial charge in [0.2, 0.25) is 10.0 Å². The number of rotatable bonds is 3. The third kappa shape index (κ3) is 2.54. The molecule has 4 nitrogen and oxygen atoms in total. The van der Waals surface area contributed by atoms with Crippen LogP contribution in [0.4, 0.5) is 0 Å². The van der Waals surface area contributed by atoms with Gasteiger partial charge >= 0.3 is 0 Å². The molecular weight excluding hydrogens is 258 g/mol. The number of thiophene rings is 1. The highest BCUT2D eigenvalue weighted by Crippen LogP contribution is 2.27. The topological polar surface area (TPSA) is 57.6 Å². The van der Waals surface area contributed by atoms with Gasteiger partial charge in [0.1, 0.15) is 0 Å². The fourth-order valence-electron chi connectivity index (χ4n) is 2.14. The van der Waals surface area contributed by atoms with Crippen molar-refractivity contribution in [2.45, 2.75) is 43.7 Å². The second-order valence-electron chi connectivity index (χ2n) is 4.37. The van der Waals surface area contributed by atoms with Crippen LogP contribution in [-0.2, 0) is 16.6 Å². The summed E-state index contributed by atoms with van der Waals surface area (Å²) in [6, 6.07) is 1.65. The molecule has 0 radical (unpaired) electrons. The van der Waals surface area contributed by atoms with E-state index >= 15 is 0 Å². The van der Waals surface area contributed by atoms with E-state index < -0.39 is 10.0 Å². The molecule has 2 heterocycles. The summed E-state index contributed by atoms with van der Waals surface area (Å²) in [6.45, 7) is 2.46. The molecule has 1 aromatic rings. The van der Waals surface area contributed by atoms with Crippen molar-refractivity contribution < 1.29 is 13.5 Å². The van der Waals surface area contributed by atoms with Gasteiger partial charge in [-0.3, -0.25) is 0 Å². The normalized spacial score (nSPS) is 22.8. The average molecular weight is 275 g/mol. The molecule has 1 aliphatic rings. The van der Waals surface area contributed by atoms with Gasteiger partial charge in [-0.05, 0) is 25.8 Å². The SMILES string of the molecule is CC1CCCCN1S(=O)(=O)c1csc(CO)c1. The predicted molar refractivity (Wildman–Crippen MR) is 67.4 cm³/mol. The summed E-state index contributed by atoms with van der Waals surface area (Å²) in [6.07, 6.45) is 2.95. The summed E-state index contributed by atoms with van der Waals surface area (Å²) in [4.78, 5) is 1.01. The molecule has 1 fully saturated rings. The Bertz CT molecular complexity index is 481. The summed E-state index contributed by atoms with van der Waals surface area (Å²) >= 11 is 1.29. The zero-order valence-electron chi connectivity index (χ0n) is 9.80. The van der Waals surface area contributed by atoms with Gasteiger partial charge in [-0.25, -0.2) is 8.42 Å². The standard InChI is InChI=1S/C11H17NO3S2/c1-9-4-2-3-5-12(9)17(14,15)11-6-10(7-13)16-8-11/h6,8-9,13H,2-5,7H2,1H3. The first kappa shape index (κ1) is 13.0. The van der Waals surface area contributed by atoms with Crippen molar-refractivity contribution in [1.82, 2.24) is 4.31 Å². The summed E-state index contributed by atoms with van der Waals surface area (Å²) in [5, 5.41) is 10.6. The number of hydrogen-bond acceptors (Lipinski definition) is 4. The minimum atomic E-state index is -3.37. The highest BCUT2D eigenvalue weighted by atomic mass is 32.2. The van der Waals surface area contributed by atoms with Crippen molar-refractivity contribution in [1.29, 1.82) is 0 Å². The number of nitrogens with zero attached hydrogens (tertiary/aromatic N) is 1. The van der Waals surface area contributed by atoms with Crippen LogP contribution in [0.2, 0.25) is 0 Å². The Balaban J connectivity index is 2.28. The smallest absolute Gasteiger partial charge is 0.244 e. The molecule has 0 spiro atoms. The van der Waals surface area contributed by atoms with Crippen LogP contribution >= 0.6 is 11.3 Å². The van der Waals surface area contributed by atoms with Gasteiger partial charge in [-0.2, -0.15) is 4.31 Å². The molecule has 96 valence electrons. The highest BCUT2D eigenvalue weighted by Gasteiger charge is 2.31. The van der Waals surface area contributed by atoms with Crippen LogP contribution in [0.15, 0.2) is 16.3 Å². The van der Waals surface area contributed by atoms with Crippen LogP contribution in [0, 0.1) is 0 Å². The van der Waals surface area contributed by atoms with Gasteiger partial charge in [-0.15, -0.1) is 11.3 Å². The Morgan fingerprint density at radius 1 is 1.53 bits per heavy atom. The Labute approximate surface area is 106 Å². The Hall–Kier alpha value is -0.430. The van der Waals surface area contributed by atoms with E-state index in [2.05, 4.69) is 0 Å². The molecule has 1 saturated heterocycles. The summed E-state index contributed by atoms with van der Waals surface area (Å²) < 4.78 is 26.3. The molecule has 1 N–H and O–H groups in total. The van der Waals surface area contributed by atoms with Gasteiger partial charge in [0.15, 0.2) is 0 Å². The molecule has 2 rings (SSSR count). The third-order valence-electron chi connectivity index (χ3n) is 3.13. The van der Waals surface area contributed by atoms with E-state index in [9.17, 15) is 8.42 Å². The van der Waals surface area contributed by atoms with E-state index in [0.29, 0.717) is 16.3 Å². The van der Waals surface area contributed by atoms with E-state index in [4.69, 9.17) is 5.11 Å². The predicted octanol–water partition coefficient (Wildman–Crippen LogP) is 1.80. The second-order valence-corrected chi connectivity index (χ2v) is 7.25. The van der Waals surface area contributed by atoms with Crippen LogP contribution < -0.4 is 0 Å². The lowest BCUT2D eigenvalue weighted by Crippen LogP contribution is -2.41. The van der Waals surface area contributed by atoms with Crippen molar-refractivity contribution in [3.05, 3.63) is 16.3 Å². The van der Waals surface area contributed by atoms with E-state index in [1.54, 1.807) is 15.8 Å². The van der Waals surface area contributed by atoms with Crippen molar-refractivity contribution >= 4 is 21.4 Å². The number of aliphatic hydroxyl groups excluding tert-OH is 1. The van der Waals surface area contributed by atoms with Crippen molar-refractivity contribution in [2.24, 2.45) is 0 Å². The molecule has 1 atom stereocenters. The Morgan fingerprint density at radius 3 is 2.88 bits per heavy atom. The van der Waals surface area contributed by atoms with E-state index in [1.165, 1.54) is 11.3 Å². The Morgan fingerprint density at radius 2 is 2.29 bits per heavy atom. The first-order valence-electron chi connectivity index (χ1n) is 5.76. The zero-order valence-corrected chi connectivity index (χ0v) is 11.4. The maximum absolute atomic E-state index is 12.4. The van der Waals surface area contributed by atoms with Crippen molar-refractivity contribution in [3.8, 4) is 0 Å². The zero-order chi connectivity index (χ0) is 12.5. The highest BCUT2D eigenvalue weighted by molar-refractivity contribution is 7.89. The van der Waals surface area contributed by atoms with Crippen LogP contribution in [0.3, 0.4) is 0 Å². The molecule has 6 heteroatoms. The molecule has 0 bridgehead atoms. The number of piperidine rings is 1. The number of sulfonamides is 1. The van der Waals surface area contributed by atoms with Crippen molar-refractivity contribution in [3.63, 3.8) is 0 Å². The molecule has 1 aliphatic heterocycles. The molecule has 1 unspecified atom stereocenters. The summed E-state index contributed by atoms with van der Waals surface area (Å²) in [7, 11) is -3.37. The minimum absolute atomic E-state index is 0.0752. The average Bonchev–Trinajstić information content (AvgIpc) is 2.78. The quantitative estimate of drug-likeness (QED) is 0.915. The van der Waals surface area contributed by atoms with E-state index in [0.717, 1.165) is 19.3 Å². The largest absolute Gasteiger partial charge is 0.391 e. The van der Waals surface area contributed by atoms with Crippen molar-refractivity contribution in [2.75, 3.05) is 6.54 Å². The van der Waals surface area contributed by atoms with Gasteiger partial charge in [0, 0.05) is 22.8 Å². The summed E-state index contributed by atoms with van der Waals surface area (Å²) in [5.41, 5.74) is 0. The van der Waals surface area contributed by atoms with E-state index in [-0.39, 0.29) is 12.6 Å². The first-order chi connectivity index (χ1) is 8.05. The van der Waals surface area contributed by atoms with Gasteiger partial charge in [0.25, 0.3) is 0 Å². The lowest BCUT2D eigenvalue weighted by Gasteiger charge is -2.31. The molecule has 17 heavy (non-hydrogen) atoms. The molecule has 0 amide bonds. The fraction of sp³-hybridized carbons (Fsp3) is 0.636. The second kappa shape index (κ2) is 5.06. The van der Waals surface area contributed by atoms with Crippen LogP contribution in [0.25, 0.3) is 0 Å². The molecule has 0 saturated carbocycles. The maximum atomic E-state index is 12.4. The van der Waals surface area contributed by atoms with Crippen LogP contribution in [0.1, 0.15) is 31.1 Å². The first-order valence-corrected chi connectivity index (χ1v) is 8.08. The fourth-order valence-corrected chi connectivity index (χ4v) is 4.96. The third-order valence-corrected chi connectivity index (χ3v) is 6.20. The molecule has 0 aliphatic carbocycles. The van der Waals surface area contributed by atoms with Crippen LogP contribution in [0.5, 0.6) is 0 Å². The lowest BCUT2D eigenvalue weighted by molar-refractivity contribution is 0.268. The molecule has 1 aromatic heterocycles. The Kier molecular flexibility index (Phi) is 3.87. The van der Waals surface area contributed by atoms with Gasteiger partial charge in [-0.1, -0.05) is 6.42 Å². The minimum Gasteiger partial charge on any atom is -0.391 e.